The molecule has 1 fully saturated rings. The van der Waals surface area contributed by atoms with Gasteiger partial charge in [-0.15, -0.1) is 0 Å². The Kier molecular flexibility index (Phi) is 11.0. The lowest BCUT2D eigenvalue weighted by Gasteiger charge is -2.28. The summed E-state index contributed by atoms with van der Waals surface area (Å²) in [4.78, 5) is 25.2. The maximum atomic E-state index is 13.2. The van der Waals surface area contributed by atoms with E-state index >= 15 is 0 Å². The van der Waals surface area contributed by atoms with E-state index in [-0.39, 0.29) is 17.6 Å². The maximum Gasteiger partial charge on any atom is 0.253 e. The SMILES string of the molecule is COc1ccc(C(CCN2CCCN(c3nc4ccccc4n3CCS(=O)(=O)c3ccccc3)CC2)CN(C)C(=O)c2ccccc2)cc1. The highest BCUT2D eigenvalue weighted by Crippen LogP contribution is 2.27. The molecule has 1 atom stereocenters. The number of nitrogens with zero attached hydrogens (tertiary/aromatic N) is 5. The minimum atomic E-state index is -3.45. The van der Waals surface area contributed by atoms with Crippen LogP contribution >= 0.6 is 0 Å². The number of rotatable bonds is 13. The molecule has 10 heteroatoms. The van der Waals surface area contributed by atoms with Crippen molar-refractivity contribution in [1.29, 1.82) is 0 Å². The topological polar surface area (TPSA) is 88.0 Å². The third-order valence-electron chi connectivity index (χ3n) is 9.43. The largest absolute Gasteiger partial charge is 0.497 e. The third-order valence-corrected chi connectivity index (χ3v) is 11.1. The fourth-order valence-electron chi connectivity index (χ4n) is 6.67. The first-order valence-electron chi connectivity index (χ1n) is 17.0. The van der Waals surface area contributed by atoms with Crippen molar-refractivity contribution in [2.24, 2.45) is 0 Å². The predicted octanol–water partition coefficient (Wildman–Crippen LogP) is 5.98. The smallest absolute Gasteiger partial charge is 0.253 e. The number of carbonyl (C=O) groups is 1. The van der Waals surface area contributed by atoms with Crippen LogP contribution in [0.1, 0.15) is 34.7 Å². The van der Waals surface area contributed by atoms with Crippen LogP contribution in [-0.4, -0.2) is 92.9 Å². The summed E-state index contributed by atoms with van der Waals surface area (Å²) in [7, 11) is 0.104. The van der Waals surface area contributed by atoms with E-state index in [1.54, 1.807) is 31.4 Å². The molecule has 5 aromatic rings. The summed E-state index contributed by atoms with van der Waals surface area (Å²) in [5, 5.41) is 0. The van der Waals surface area contributed by atoms with Crippen LogP contribution in [0.25, 0.3) is 11.0 Å². The molecule has 1 amide bonds. The molecule has 1 aromatic heterocycles. The fourth-order valence-corrected chi connectivity index (χ4v) is 7.90. The second kappa shape index (κ2) is 15.7. The van der Waals surface area contributed by atoms with Gasteiger partial charge in [-0.25, -0.2) is 13.4 Å². The average molecular weight is 680 g/mol. The van der Waals surface area contributed by atoms with Crippen molar-refractivity contribution in [2.75, 3.05) is 64.1 Å². The molecule has 1 aliphatic heterocycles. The Morgan fingerprint density at radius 1 is 0.837 bits per heavy atom. The molecule has 0 saturated carbocycles. The Labute approximate surface area is 289 Å². The van der Waals surface area contributed by atoms with Crippen LogP contribution in [0.3, 0.4) is 0 Å². The maximum absolute atomic E-state index is 13.2. The number of fused-ring (bicyclic) bond motifs is 1. The molecule has 9 nitrogen and oxygen atoms in total. The van der Waals surface area contributed by atoms with Gasteiger partial charge in [-0.2, -0.15) is 0 Å². The van der Waals surface area contributed by atoms with Gasteiger partial charge in [0.2, 0.25) is 5.95 Å². The van der Waals surface area contributed by atoms with Gasteiger partial charge < -0.3 is 24.0 Å². The molecule has 1 saturated heterocycles. The first kappa shape index (κ1) is 34.2. The van der Waals surface area contributed by atoms with Crippen LogP contribution in [0, 0.1) is 0 Å². The van der Waals surface area contributed by atoms with E-state index in [4.69, 9.17) is 9.72 Å². The summed E-state index contributed by atoms with van der Waals surface area (Å²) in [5.74, 6) is 1.80. The summed E-state index contributed by atoms with van der Waals surface area (Å²) >= 11 is 0. The second-order valence-corrected chi connectivity index (χ2v) is 14.8. The van der Waals surface area contributed by atoms with Crippen LogP contribution in [0.5, 0.6) is 5.75 Å². The number of aromatic nitrogens is 2. The summed E-state index contributed by atoms with van der Waals surface area (Å²) in [6.45, 7) is 5.26. The number of ether oxygens (including phenoxy) is 1. The monoisotopic (exact) mass is 679 g/mol. The zero-order valence-corrected chi connectivity index (χ0v) is 29.1. The Balaban J connectivity index is 1.14. The molecule has 0 aliphatic carbocycles. The van der Waals surface area contributed by atoms with E-state index in [2.05, 4.69) is 26.5 Å². The number of methoxy groups -OCH3 is 1. The highest BCUT2D eigenvalue weighted by Gasteiger charge is 2.24. The Morgan fingerprint density at radius 3 is 2.27 bits per heavy atom. The molecule has 0 radical (unpaired) electrons. The van der Waals surface area contributed by atoms with Crippen LogP contribution < -0.4 is 9.64 Å². The van der Waals surface area contributed by atoms with Crippen LogP contribution in [0.2, 0.25) is 0 Å². The summed E-state index contributed by atoms with van der Waals surface area (Å²) in [5.41, 5.74) is 3.68. The van der Waals surface area contributed by atoms with Crippen molar-refractivity contribution in [3.63, 3.8) is 0 Å². The number of hydrogen-bond acceptors (Lipinski definition) is 7. The lowest BCUT2D eigenvalue weighted by atomic mass is 9.94. The van der Waals surface area contributed by atoms with Crippen molar-refractivity contribution in [2.45, 2.75) is 30.2 Å². The lowest BCUT2D eigenvalue weighted by Crippen LogP contribution is -2.35. The van der Waals surface area contributed by atoms with E-state index in [1.807, 2.05) is 84.7 Å². The number of para-hydroxylation sites is 2. The number of carbonyl (C=O) groups excluding carboxylic acids is 1. The summed E-state index contributed by atoms with van der Waals surface area (Å²) in [6, 6.07) is 34.2. The Bertz CT molecular complexity index is 1930. The van der Waals surface area contributed by atoms with Gasteiger partial charge in [0.1, 0.15) is 5.75 Å². The molecule has 0 bridgehead atoms. The predicted molar refractivity (Wildman–Crippen MR) is 195 cm³/mol. The zero-order chi connectivity index (χ0) is 34.2. The number of anilines is 1. The van der Waals surface area contributed by atoms with Crippen molar-refractivity contribution in [1.82, 2.24) is 19.4 Å². The molecular formula is C39H45N5O4S. The molecule has 1 aliphatic rings. The zero-order valence-electron chi connectivity index (χ0n) is 28.3. The number of hydrogen-bond donors (Lipinski definition) is 0. The van der Waals surface area contributed by atoms with Gasteiger partial charge in [0.05, 0.1) is 28.8 Å². The van der Waals surface area contributed by atoms with Gasteiger partial charge in [-0.1, -0.05) is 60.7 Å². The van der Waals surface area contributed by atoms with Crippen molar-refractivity contribution >= 4 is 32.7 Å². The molecule has 4 aromatic carbocycles. The molecule has 0 spiro atoms. The van der Waals surface area contributed by atoms with Gasteiger partial charge in [-0.3, -0.25) is 4.79 Å². The normalized spacial score (nSPS) is 14.8. The lowest BCUT2D eigenvalue weighted by molar-refractivity contribution is 0.0782. The Hall–Kier alpha value is -4.67. The first-order valence-corrected chi connectivity index (χ1v) is 18.6. The molecule has 1 unspecified atom stereocenters. The van der Waals surface area contributed by atoms with Crippen molar-refractivity contribution < 1.29 is 17.9 Å². The van der Waals surface area contributed by atoms with Gasteiger partial charge in [0, 0.05) is 51.3 Å². The molecule has 256 valence electrons. The van der Waals surface area contributed by atoms with E-state index in [9.17, 15) is 13.2 Å². The standard InChI is InChI=1S/C39H45N5O4S/c1-41(38(45)32-12-5-3-6-13-32)30-33(31-18-20-34(48-2)21-19-31)22-25-42-23-11-24-43(27-26-42)39-40-36-16-9-10-17-37(36)44(39)28-29-49(46,47)35-14-7-4-8-15-35/h3-10,12-21,33H,11,22-30H2,1-2H3. The first-order chi connectivity index (χ1) is 23.8. The molecule has 6 rings (SSSR count). The number of aryl methyl sites for hydroxylation is 1. The molecule has 0 N–H and O–H groups in total. The van der Waals surface area contributed by atoms with Gasteiger partial charge >= 0.3 is 0 Å². The van der Waals surface area contributed by atoms with E-state index < -0.39 is 9.84 Å². The minimum absolute atomic E-state index is 0.00168. The summed E-state index contributed by atoms with van der Waals surface area (Å²) < 4.78 is 33.9. The van der Waals surface area contributed by atoms with Gasteiger partial charge in [-0.05, 0) is 80.0 Å². The fraction of sp³-hybridized carbons (Fsp3) is 0.333. The molecular weight excluding hydrogens is 635 g/mol. The number of imidazole rings is 1. The van der Waals surface area contributed by atoms with Crippen molar-refractivity contribution in [3.8, 4) is 5.75 Å². The minimum Gasteiger partial charge on any atom is -0.497 e. The Morgan fingerprint density at radius 2 is 1.53 bits per heavy atom. The number of amides is 1. The number of likely N-dealkylation sites (N-methyl/N-ethyl adjacent to an activating group) is 1. The van der Waals surface area contributed by atoms with Crippen molar-refractivity contribution in [3.05, 3.63) is 120 Å². The molecule has 2 heterocycles. The molecule has 49 heavy (non-hydrogen) atoms. The van der Waals surface area contributed by atoms with Crippen LogP contribution in [-0.2, 0) is 16.4 Å². The summed E-state index contributed by atoms with van der Waals surface area (Å²) in [6.07, 6.45) is 1.86. The highest BCUT2D eigenvalue weighted by atomic mass is 32.2. The van der Waals surface area contributed by atoms with E-state index in [0.29, 0.717) is 23.5 Å². The number of sulfone groups is 1. The van der Waals surface area contributed by atoms with Crippen LogP contribution in [0.15, 0.2) is 114 Å². The van der Waals surface area contributed by atoms with Gasteiger partial charge in [0.15, 0.2) is 9.84 Å². The van der Waals surface area contributed by atoms with E-state index in [0.717, 1.165) is 68.3 Å². The highest BCUT2D eigenvalue weighted by molar-refractivity contribution is 7.91. The number of benzene rings is 4. The quantitative estimate of drug-likeness (QED) is 0.151. The van der Waals surface area contributed by atoms with Gasteiger partial charge in [0.25, 0.3) is 5.91 Å². The van der Waals surface area contributed by atoms with E-state index in [1.165, 1.54) is 5.56 Å². The average Bonchev–Trinajstić information content (AvgIpc) is 3.35. The van der Waals surface area contributed by atoms with Crippen LogP contribution in [0.4, 0.5) is 5.95 Å². The third kappa shape index (κ3) is 8.32. The second-order valence-electron chi connectivity index (χ2n) is 12.7.